The van der Waals surface area contributed by atoms with E-state index in [-0.39, 0.29) is 5.41 Å². The van der Waals surface area contributed by atoms with Crippen molar-refractivity contribution in [1.29, 1.82) is 0 Å². The molecule has 1 saturated heterocycles. The highest BCUT2D eigenvalue weighted by molar-refractivity contribution is 5.80. The SMILES string of the molecule is COC1CN(CC2(CC(N)=NO)CC2)CCC1C. The average molecular weight is 255 g/mol. The fourth-order valence-electron chi connectivity index (χ4n) is 3.01. The van der Waals surface area contributed by atoms with E-state index < -0.39 is 0 Å². The molecule has 0 spiro atoms. The zero-order valence-electron chi connectivity index (χ0n) is 11.4. The summed E-state index contributed by atoms with van der Waals surface area (Å²) in [4.78, 5) is 2.48. The number of hydrogen-bond donors (Lipinski definition) is 2. The van der Waals surface area contributed by atoms with Crippen LogP contribution in [-0.4, -0.2) is 48.8 Å². The molecule has 18 heavy (non-hydrogen) atoms. The van der Waals surface area contributed by atoms with E-state index in [4.69, 9.17) is 15.7 Å². The van der Waals surface area contributed by atoms with Gasteiger partial charge in [0.15, 0.2) is 0 Å². The Bertz CT molecular complexity index is 315. The Balaban J connectivity index is 1.86. The maximum absolute atomic E-state index is 8.68. The van der Waals surface area contributed by atoms with E-state index in [2.05, 4.69) is 17.0 Å². The highest BCUT2D eigenvalue weighted by Gasteiger charge is 2.45. The molecule has 2 atom stereocenters. The molecule has 0 aromatic heterocycles. The second kappa shape index (κ2) is 5.45. The normalized spacial score (nSPS) is 32.4. The lowest BCUT2D eigenvalue weighted by atomic mass is 9.93. The summed E-state index contributed by atoms with van der Waals surface area (Å²) >= 11 is 0. The third kappa shape index (κ3) is 3.14. The molecule has 1 aliphatic heterocycles. The van der Waals surface area contributed by atoms with Crippen molar-refractivity contribution in [1.82, 2.24) is 4.90 Å². The molecule has 2 fully saturated rings. The van der Waals surface area contributed by atoms with Gasteiger partial charge in [0, 0.05) is 26.6 Å². The molecule has 1 heterocycles. The van der Waals surface area contributed by atoms with E-state index in [1.165, 1.54) is 19.3 Å². The molecular weight excluding hydrogens is 230 g/mol. The molecule has 2 unspecified atom stereocenters. The summed E-state index contributed by atoms with van der Waals surface area (Å²) in [5, 5.41) is 11.8. The maximum Gasteiger partial charge on any atom is 0.139 e. The molecule has 1 saturated carbocycles. The van der Waals surface area contributed by atoms with Crippen LogP contribution in [0, 0.1) is 11.3 Å². The zero-order chi connectivity index (χ0) is 13.2. The molecule has 104 valence electrons. The van der Waals surface area contributed by atoms with Gasteiger partial charge in [-0.25, -0.2) is 0 Å². The maximum atomic E-state index is 8.68. The van der Waals surface area contributed by atoms with Gasteiger partial charge in [-0.15, -0.1) is 0 Å². The summed E-state index contributed by atoms with van der Waals surface area (Å²) in [5.74, 6) is 1.01. The van der Waals surface area contributed by atoms with Gasteiger partial charge in [0.05, 0.1) is 6.10 Å². The van der Waals surface area contributed by atoms with Crippen molar-refractivity contribution in [3.05, 3.63) is 0 Å². The monoisotopic (exact) mass is 255 g/mol. The van der Waals surface area contributed by atoms with Gasteiger partial charge in [0.25, 0.3) is 0 Å². The van der Waals surface area contributed by atoms with Crippen LogP contribution in [0.1, 0.15) is 32.6 Å². The summed E-state index contributed by atoms with van der Waals surface area (Å²) in [5.41, 5.74) is 5.90. The van der Waals surface area contributed by atoms with Gasteiger partial charge < -0.3 is 20.6 Å². The predicted molar refractivity (Wildman–Crippen MR) is 70.7 cm³/mol. The number of methoxy groups -OCH3 is 1. The predicted octanol–water partition coefficient (Wildman–Crippen LogP) is 1.26. The van der Waals surface area contributed by atoms with Gasteiger partial charge in [-0.05, 0) is 37.1 Å². The first kappa shape index (κ1) is 13.6. The molecular formula is C13H25N3O2. The summed E-state index contributed by atoms with van der Waals surface area (Å²) in [7, 11) is 1.80. The third-order valence-corrected chi connectivity index (χ3v) is 4.48. The first-order valence-corrected chi connectivity index (χ1v) is 6.80. The fraction of sp³-hybridized carbons (Fsp3) is 0.923. The van der Waals surface area contributed by atoms with Crippen molar-refractivity contribution in [2.45, 2.75) is 38.7 Å². The molecule has 0 amide bonds. The van der Waals surface area contributed by atoms with E-state index >= 15 is 0 Å². The molecule has 0 aromatic rings. The van der Waals surface area contributed by atoms with Crippen LogP contribution in [0.4, 0.5) is 0 Å². The number of nitrogens with zero attached hydrogens (tertiary/aromatic N) is 2. The minimum Gasteiger partial charge on any atom is -0.409 e. The van der Waals surface area contributed by atoms with Crippen LogP contribution in [0.25, 0.3) is 0 Å². The molecule has 0 aromatic carbocycles. The zero-order valence-corrected chi connectivity index (χ0v) is 11.4. The fourth-order valence-corrected chi connectivity index (χ4v) is 3.01. The largest absolute Gasteiger partial charge is 0.409 e. The van der Waals surface area contributed by atoms with Crippen LogP contribution in [0.3, 0.4) is 0 Å². The lowest BCUT2D eigenvalue weighted by Crippen LogP contribution is -2.46. The molecule has 3 N–H and O–H groups in total. The van der Waals surface area contributed by atoms with Crippen LogP contribution in [0.2, 0.25) is 0 Å². The van der Waals surface area contributed by atoms with Crippen molar-refractivity contribution in [2.24, 2.45) is 22.2 Å². The topological polar surface area (TPSA) is 71.1 Å². The molecule has 0 radical (unpaired) electrons. The Morgan fingerprint density at radius 1 is 1.56 bits per heavy atom. The highest BCUT2D eigenvalue weighted by Crippen LogP contribution is 2.49. The van der Waals surface area contributed by atoms with Crippen molar-refractivity contribution in [2.75, 3.05) is 26.7 Å². The van der Waals surface area contributed by atoms with E-state index in [0.29, 0.717) is 24.3 Å². The number of nitrogens with two attached hydrogens (primary N) is 1. The Morgan fingerprint density at radius 2 is 2.28 bits per heavy atom. The number of hydrogen-bond acceptors (Lipinski definition) is 4. The van der Waals surface area contributed by atoms with E-state index in [9.17, 15) is 0 Å². The molecule has 2 rings (SSSR count). The van der Waals surface area contributed by atoms with E-state index in [1.54, 1.807) is 7.11 Å². The number of piperidine rings is 1. The summed E-state index contributed by atoms with van der Waals surface area (Å²) in [6.07, 6.45) is 4.63. The molecule has 2 aliphatic rings. The number of ether oxygens (including phenoxy) is 1. The van der Waals surface area contributed by atoms with Crippen molar-refractivity contribution in [3.8, 4) is 0 Å². The van der Waals surface area contributed by atoms with Gasteiger partial charge >= 0.3 is 0 Å². The van der Waals surface area contributed by atoms with Gasteiger partial charge in [-0.1, -0.05) is 12.1 Å². The minimum atomic E-state index is 0.259. The Morgan fingerprint density at radius 3 is 2.83 bits per heavy atom. The van der Waals surface area contributed by atoms with E-state index in [0.717, 1.165) is 19.6 Å². The number of likely N-dealkylation sites (tertiary alicyclic amines) is 1. The highest BCUT2D eigenvalue weighted by atomic mass is 16.5. The third-order valence-electron chi connectivity index (χ3n) is 4.48. The Hall–Kier alpha value is -0.810. The summed E-state index contributed by atoms with van der Waals surface area (Å²) in [6, 6.07) is 0. The quantitative estimate of drug-likeness (QED) is 0.336. The average Bonchev–Trinajstić information content (AvgIpc) is 3.11. The first-order valence-electron chi connectivity index (χ1n) is 6.80. The smallest absolute Gasteiger partial charge is 0.139 e. The summed E-state index contributed by atoms with van der Waals surface area (Å²) in [6.45, 7) is 5.46. The van der Waals surface area contributed by atoms with Crippen molar-refractivity contribution in [3.63, 3.8) is 0 Å². The van der Waals surface area contributed by atoms with Gasteiger partial charge in [-0.2, -0.15) is 0 Å². The summed E-state index contributed by atoms with van der Waals surface area (Å²) < 4.78 is 5.54. The van der Waals surface area contributed by atoms with Crippen LogP contribution in [0.5, 0.6) is 0 Å². The number of amidine groups is 1. The Kier molecular flexibility index (Phi) is 4.12. The minimum absolute atomic E-state index is 0.259. The van der Waals surface area contributed by atoms with Crippen molar-refractivity contribution >= 4 is 5.84 Å². The first-order chi connectivity index (χ1) is 8.58. The van der Waals surface area contributed by atoms with Gasteiger partial charge in [0.1, 0.15) is 5.84 Å². The van der Waals surface area contributed by atoms with Crippen molar-refractivity contribution < 1.29 is 9.94 Å². The Labute approximate surface area is 109 Å². The molecule has 5 nitrogen and oxygen atoms in total. The van der Waals surface area contributed by atoms with Gasteiger partial charge in [0.2, 0.25) is 0 Å². The number of oxime groups is 1. The lowest BCUT2D eigenvalue weighted by Gasteiger charge is -2.38. The second-order valence-corrected chi connectivity index (χ2v) is 6.04. The molecule has 0 bridgehead atoms. The standard InChI is InChI=1S/C13H25N3O2/c1-10-3-6-16(8-11(10)18-2)9-13(4-5-13)7-12(14)15-17/h10-11,17H,3-9H2,1-2H3,(H2,14,15). The van der Waals surface area contributed by atoms with Crippen LogP contribution in [0.15, 0.2) is 5.16 Å². The van der Waals surface area contributed by atoms with Crippen LogP contribution in [-0.2, 0) is 4.74 Å². The van der Waals surface area contributed by atoms with Crippen LogP contribution >= 0.6 is 0 Å². The van der Waals surface area contributed by atoms with Gasteiger partial charge in [-0.3, -0.25) is 0 Å². The lowest BCUT2D eigenvalue weighted by molar-refractivity contribution is -0.0104. The van der Waals surface area contributed by atoms with Crippen LogP contribution < -0.4 is 5.73 Å². The van der Waals surface area contributed by atoms with E-state index in [1.807, 2.05) is 0 Å². The molecule has 1 aliphatic carbocycles. The second-order valence-electron chi connectivity index (χ2n) is 6.04. The number of rotatable bonds is 5. The molecule has 5 heteroatoms.